The summed E-state index contributed by atoms with van der Waals surface area (Å²) in [5, 5.41) is 5.46. The second-order valence-corrected chi connectivity index (χ2v) is 7.36. The summed E-state index contributed by atoms with van der Waals surface area (Å²) in [5.74, 6) is 2.30. The molecule has 0 aliphatic rings. The number of ether oxygens (including phenoxy) is 3. The number of hydrogen-bond donors (Lipinski definition) is 0. The number of aromatic nitrogens is 2. The first-order valence-electron chi connectivity index (χ1n) is 9.81. The fourth-order valence-corrected chi connectivity index (χ4v) is 3.85. The largest absolute Gasteiger partial charge is 0.497 e. The van der Waals surface area contributed by atoms with Crippen molar-refractivity contribution in [3.8, 4) is 39.8 Å². The first-order chi connectivity index (χ1) is 15.1. The molecule has 1 heterocycles. The highest BCUT2D eigenvalue weighted by atomic mass is 35.5. The number of rotatable bonds is 7. The third-order valence-electron chi connectivity index (χ3n) is 5.05. The molecule has 1 aromatic heterocycles. The molecule has 0 aliphatic carbocycles. The van der Waals surface area contributed by atoms with Gasteiger partial charge in [0, 0.05) is 11.1 Å². The molecule has 31 heavy (non-hydrogen) atoms. The molecule has 6 heteroatoms. The van der Waals surface area contributed by atoms with Crippen LogP contribution >= 0.6 is 11.6 Å². The molecule has 0 fully saturated rings. The molecule has 158 valence electrons. The van der Waals surface area contributed by atoms with Gasteiger partial charge in [0.1, 0.15) is 22.9 Å². The van der Waals surface area contributed by atoms with Crippen molar-refractivity contribution in [3.05, 3.63) is 83.4 Å². The van der Waals surface area contributed by atoms with E-state index in [4.69, 9.17) is 30.9 Å². The van der Waals surface area contributed by atoms with E-state index in [1.54, 1.807) is 21.3 Å². The van der Waals surface area contributed by atoms with Gasteiger partial charge in [0.15, 0.2) is 0 Å². The Labute approximate surface area is 186 Å². The van der Waals surface area contributed by atoms with Crippen LogP contribution in [-0.2, 0) is 6.54 Å². The second-order valence-electron chi connectivity index (χ2n) is 6.98. The van der Waals surface area contributed by atoms with Crippen LogP contribution in [0, 0.1) is 0 Å². The van der Waals surface area contributed by atoms with Gasteiger partial charge in [-0.3, -0.25) is 4.68 Å². The molecule has 0 aliphatic heterocycles. The molecular formula is C25H23ClN2O3. The average molecular weight is 435 g/mol. The summed E-state index contributed by atoms with van der Waals surface area (Å²) in [4.78, 5) is 0. The van der Waals surface area contributed by atoms with Crippen molar-refractivity contribution < 1.29 is 14.2 Å². The Morgan fingerprint density at radius 1 is 0.742 bits per heavy atom. The van der Waals surface area contributed by atoms with Crippen molar-refractivity contribution in [2.24, 2.45) is 0 Å². The Morgan fingerprint density at radius 3 is 1.94 bits per heavy atom. The number of hydrogen-bond acceptors (Lipinski definition) is 4. The number of halogens is 1. The van der Waals surface area contributed by atoms with Gasteiger partial charge in [-0.25, -0.2) is 0 Å². The zero-order valence-electron chi connectivity index (χ0n) is 17.6. The molecule has 0 N–H and O–H groups in total. The zero-order valence-corrected chi connectivity index (χ0v) is 18.4. The monoisotopic (exact) mass is 434 g/mol. The molecule has 5 nitrogen and oxygen atoms in total. The number of nitrogens with zero attached hydrogens (tertiary/aromatic N) is 2. The molecule has 4 aromatic rings. The molecule has 0 saturated carbocycles. The Morgan fingerprint density at radius 2 is 1.29 bits per heavy atom. The molecule has 0 saturated heterocycles. The highest BCUT2D eigenvalue weighted by molar-refractivity contribution is 6.35. The summed E-state index contributed by atoms with van der Waals surface area (Å²) in [7, 11) is 4.95. The number of methoxy groups -OCH3 is 3. The maximum atomic E-state index is 6.92. The first kappa shape index (κ1) is 20.8. The summed E-state index contributed by atoms with van der Waals surface area (Å²) >= 11 is 6.92. The summed E-state index contributed by atoms with van der Waals surface area (Å²) in [6.45, 7) is 0.535. The molecule has 0 unspecified atom stereocenters. The quantitative estimate of drug-likeness (QED) is 0.361. The van der Waals surface area contributed by atoms with Gasteiger partial charge in [-0.15, -0.1) is 0 Å². The molecule has 4 rings (SSSR count). The maximum absolute atomic E-state index is 6.92. The van der Waals surface area contributed by atoms with E-state index in [0.717, 1.165) is 39.6 Å². The van der Waals surface area contributed by atoms with Gasteiger partial charge in [0.25, 0.3) is 0 Å². The van der Waals surface area contributed by atoms with Crippen LogP contribution in [0.15, 0.2) is 72.8 Å². The van der Waals surface area contributed by atoms with E-state index >= 15 is 0 Å². The lowest BCUT2D eigenvalue weighted by molar-refractivity contribution is 0.414. The van der Waals surface area contributed by atoms with Crippen molar-refractivity contribution in [2.45, 2.75) is 6.54 Å². The molecule has 0 atom stereocenters. The lowest BCUT2D eigenvalue weighted by Crippen LogP contribution is -2.04. The second kappa shape index (κ2) is 9.14. The first-order valence-corrected chi connectivity index (χ1v) is 10.2. The highest BCUT2D eigenvalue weighted by Crippen LogP contribution is 2.38. The minimum atomic E-state index is 0.535. The van der Waals surface area contributed by atoms with Gasteiger partial charge < -0.3 is 14.2 Å². The van der Waals surface area contributed by atoms with E-state index in [1.165, 1.54) is 0 Å². The van der Waals surface area contributed by atoms with Crippen molar-refractivity contribution in [2.75, 3.05) is 21.3 Å². The smallest absolute Gasteiger partial charge is 0.119 e. The van der Waals surface area contributed by atoms with Crippen LogP contribution in [0.2, 0.25) is 5.02 Å². The fraction of sp³-hybridized carbons (Fsp3) is 0.160. The minimum absolute atomic E-state index is 0.535. The Bertz CT molecular complexity index is 1200. The SMILES string of the molecule is COc1cccc(Cn2nc(-c3cccc(OC)c3)c(Cl)c2-c2cccc(OC)c2)c1. The standard InChI is InChI=1S/C25H23ClN2O3/c1-29-20-10-4-7-17(13-20)16-28-25(19-9-6-12-22(15-19)31-3)23(26)24(27-28)18-8-5-11-21(14-18)30-2/h4-15H,16H2,1-3H3. The molecular weight excluding hydrogens is 412 g/mol. The molecule has 0 bridgehead atoms. The van der Waals surface area contributed by atoms with Crippen LogP contribution in [0.3, 0.4) is 0 Å². The number of benzene rings is 3. The van der Waals surface area contributed by atoms with Crippen LogP contribution in [0.4, 0.5) is 0 Å². The predicted octanol–water partition coefficient (Wildman–Crippen LogP) is 5.94. The summed E-state index contributed by atoms with van der Waals surface area (Å²) in [5.41, 5.74) is 4.38. The van der Waals surface area contributed by atoms with Gasteiger partial charge in [0.05, 0.1) is 38.6 Å². The lowest BCUT2D eigenvalue weighted by Gasteiger charge is -2.10. The van der Waals surface area contributed by atoms with Crippen LogP contribution in [0.25, 0.3) is 22.5 Å². The third-order valence-corrected chi connectivity index (χ3v) is 5.41. The van der Waals surface area contributed by atoms with Crippen LogP contribution in [0.1, 0.15) is 5.56 Å². The van der Waals surface area contributed by atoms with Crippen molar-refractivity contribution in [1.82, 2.24) is 9.78 Å². The van der Waals surface area contributed by atoms with E-state index in [9.17, 15) is 0 Å². The van der Waals surface area contributed by atoms with Gasteiger partial charge >= 0.3 is 0 Å². The van der Waals surface area contributed by atoms with Gasteiger partial charge in [0.2, 0.25) is 0 Å². The Kier molecular flexibility index (Phi) is 6.14. The zero-order chi connectivity index (χ0) is 21.8. The normalized spacial score (nSPS) is 10.7. The van der Waals surface area contributed by atoms with Crippen molar-refractivity contribution in [1.29, 1.82) is 0 Å². The van der Waals surface area contributed by atoms with E-state index in [0.29, 0.717) is 17.3 Å². The van der Waals surface area contributed by atoms with Gasteiger partial charge in [-0.2, -0.15) is 5.10 Å². The van der Waals surface area contributed by atoms with Gasteiger partial charge in [-0.05, 0) is 42.0 Å². The Hall–Kier alpha value is -3.44. The van der Waals surface area contributed by atoms with E-state index < -0.39 is 0 Å². The average Bonchev–Trinajstić information content (AvgIpc) is 3.14. The molecule has 0 radical (unpaired) electrons. The Balaban J connectivity index is 1.86. The highest BCUT2D eigenvalue weighted by Gasteiger charge is 2.20. The van der Waals surface area contributed by atoms with E-state index in [1.807, 2.05) is 77.5 Å². The minimum Gasteiger partial charge on any atom is -0.497 e. The predicted molar refractivity (Wildman–Crippen MR) is 123 cm³/mol. The molecule has 0 spiro atoms. The lowest BCUT2D eigenvalue weighted by atomic mass is 10.1. The van der Waals surface area contributed by atoms with Crippen molar-refractivity contribution in [3.63, 3.8) is 0 Å². The van der Waals surface area contributed by atoms with E-state index in [2.05, 4.69) is 0 Å². The van der Waals surface area contributed by atoms with Gasteiger partial charge in [-0.1, -0.05) is 48.0 Å². The fourth-order valence-electron chi connectivity index (χ4n) is 3.50. The van der Waals surface area contributed by atoms with Crippen LogP contribution in [-0.4, -0.2) is 31.1 Å². The molecule has 3 aromatic carbocycles. The topological polar surface area (TPSA) is 45.5 Å². The van der Waals surface area contributed by atoms with Crippen LogP contribution < -0.4 is 14.2 Å². The summed E-state index contributed by atoms with van der Waals surface area (Å²) in [6, 6.07) is 23.5. The van der Waals surface area contributed by atoms with Crippen molar-refractivity contribution >= 4 is 11.6 Å². The maximum Gasteiger partial charge on any atom is 0.119 e. The van der Waals surface area contributed by atoms with Crippen LogP contribution in [0.5, 0.6) is 17.2 Å². The summed E-state index contributed by atoms with van der Waals surface area (Å²) < 4.78 is 18.1. The molecule has 0 amide bonds. The van der Waals surface area contributed by atoms with E-state index in [-0.39, 0.29) is 0 Å². The summed E-state index contributed by atoms with van der Waals surface area (Å²) in [6.07, 6.45) is 0. The third kappa shape index (κ3) is 4.37.